The fraction of sp³-hybridized carbons (Fsp3) is 0.364. The van der Waals surface area contributed by atoms with E-state index in [9.17, 15) is 29.1 Å². The van der Waals surface area contributed by atoms with Crippen molar-refractivity contribution in [3.63, 3.8) is 0 Å². The van der Waals surface area contributed by atoms with Crippen LogP contribution in [-0.4, -0.2) is 69.3 Å². The summed E-state index contributed by atoms with van der Waals surface area (Å²) in [5.74, 6) is -4.08. The maximum absolute atomic E-state index is 13.1. The molecule has 0 saturated heterocycles. The molecule has 0 aliphatic rings. The lowest BCUT2D eigenvalue weighted by molar-refractivity contribution is -0.142. The number of hydrogen-bond donors (Lipinski definition) is 7. The number of carbonyl (C=O) groups excluding carboxylic acids is 4. The van der Waals surface area contributed by atoms with Crippen LogP contribution in [0.1, 0.15) is 24.1 Å². The maximum Gasteiger partial charge on any atom is 0.326 e. The molecule has 9 N–H and O–H groups in total. The number of rotatable bonds is 14. The highest BCUT2D eigenvalue weighted by atomic mass is 16.4. The summed E-state index contributed by atoms with van der Waals surface area (Å²) < 4.78 is 0. The van der Waals surface area contributed by atoms with Crippen LogP contribution in [0.3, 0.4) is 0 Å². The molecular weight excluding hydrogens is 458 g/mol. The Hall–Kier alpha value is -4.26. The molecule has 13 heteroatoms. The average Bonchev–Trinajstić information content (AvgIpc) is 3.34. The van der Waals surface area contributed by atoms with Crippen LogP contribution in [0, 0.1) is 0 Å². The lowest BCUT2D eigenvalue weighted by Gasteiger charge is -2.24. The van der Waals surface area contributed by atoms with Crippen molar-refractivity contribution in [3.05, 3.63) is 54.1 Å². The summed E-state index contributed by atoms with van der Waals surface area (Å²) in [7, 11) is 0. The van der Waals surface area contributed by atoms with Gasteiger partial charge >= 0.3 is 5.97 Å². The van der Waals surface area contributed by atoms with Crippen molar-refractivity contribution in [2.24, 2.45) is 11.5 Å². The molecule has 0 fully saturated rings. The van der Waals surface area contributed by atoms with Gasteiger partial charge in [0.2, 0.25) is 23.6 Å². The van der Waals surface area contributed by atoms with Crippen LogP contribution in [0.15, 0.2) is 42.9 Å². The summed E-state index contributed by atoms with van der Waals surface area (Å²) in [4.78, 5) is 67.4. The predicted molar refractivity (Wildman–Crippen MR) is 123 cm³/mol. The zero-order valence-corrected chi connectivity index (χ0v) is 18.9. The van der Waals surface area contributed by atoms with Gasteiger partial charge in [0.15, 0.2) is 0 Å². The second kappa shape index (κ2) is 13.4. The number of carbonyl (C=O) groups is 5. The van der Waals surface area contributed by atoms with Crippen LogP contribution in [0.2, 0.25) is 0 Å². The lowest BCUT2D eigenvalue weighted by atomic mass is 10.0. The Morgan fingerprint density at radius 1 is 0.943 bits per heavy atom. The highest BCUT2D eigenvalue weighted by molar-refractivity contribution is 5.94. The van der Waals surface area contributed by atoms with Gasteiger partial charge in [0, 0.05) is 31.2 Å². The van der Waals surface area contributed by atoms with Crippen LogP contribution in [0.4, 0.5) is 0 Å². The quantitative estimate of drug-likeness (QED) is 0.157. The first kappa shape index (κ1) is 27.0. The number of amides is 4. The van der Waals surface area contributed by atoms with E-state index in [1.807, 2.05) is 0 Å². The molecule has 1 heterocycles. The molecule has 0 bridgehead atoms. The second-order valence-corrected chi connectivity index (χ2v) is 7.76. The molecular formula is C22H29N7O6. The molecule has 1 aromatic carbocycles. The van der Waals surface area contributed by atoms with E-state index >= 15 is 0 Å². The molecule has 13 nitrogen and oxygen atoms in total. The van der Waals surface area contributed by atoms with E-state index in [4.69, 9.17) is 11.5 Å². The predicted octanol–water partition coefficient (Wildman–Crippen LogP) is -2.04. The number of hydrogen-bond acceptors (Lipinski definition) is 7. The van der Waals surface area contributed by atoms with Crippen molar-refractivity contribution in [1.29, 1.82) is 0 Å². The number of nitrogens with zero attached hydrogens (tertiary/aromatic N) is 1. The second-order valence-electron chi connectivity index (χ2n) is 7.76. The highest BCUT2D eigenvalue weighted by Gasteiger charge is 2.30. The molecule has 0 aliphatic carbocycles. The summed E-state index contributed by atoms with van der Waals surface area (Å²) in [5.41, 5.74) is 11.6. The first-order valence-electron chi connectivity index (χ1n) is 10.8. The molecule has 0 aliphatic heterocycles. The number of imidazole rings is 1. The molecule has 3 unspecified atom stereocenters. The van der Waals surface area contributed by atoms with E-state index < -0.39 is 54.3 Å². The SMILES string of the molecule is NCC(=O)NC(CCC(N)=O)C(=O)NC(Cc1cnc[nH]1)C(=O)NC(Cc1ccccc1)C(=O)O. The van der Waals surface area contributed by atoms with Crippen LogP contribution in [0.5, 0.6) is 0 Å². The van der Waals surface area contributed by atoms with Crippen LogP contribution >= 0.6 is 0 Å². The highest BCUT2D eigenvalue weighted by Crippen LogP contribution is 2.07. The Kier molecular flexibility index (Phi) is 10.4. The number of H-pyrrole nitrogens is 1. The molecule has 4 amide bonds. The van der Waals surface area contributed by atoms with Crippen molar-refractivity contribution in [3.8, 4) is 0 Å². The van der Waals surface area contributed by atoms with Crippen molar-refractivity contribution in [2.45, 2.75) is 43.8 Å². The summed E-state index contributed by atoms with van der Waals surface area (Å²) in [6, 6.07) is 5.09. The summed E-state index contributed by atoms with van der Waals surface area (Å²) in [6.07, 6.45) is 2.52. The van der Waals surface area contributed by atoms with E-state index in [1.54, 1.807) is 30.3 Å². The average molecular weight is 488 g/mol. The van der Waals surface area contributed by atoms with Crippen molar-refractivity contribution >= 4 is 29.6 Å². The number of carboxylic acid groups (broad SMARTS) is 1. The number of benzene rings is 1. The monoisotopic (exact) mass is 487 g/mol. The Balaban J connectivity index is 2.19. The molecule has 2 rings (SSSR count). The Morgan fingerprint density at radius 2 is 1.60 bits per heavy atom. The number of primary amides is 1. The number of aromatic amines is 1. The number of aromatic nitrogens is 2. The van der Waals surface area contributed by atoms with Gasteiger partial charge in [-0.3, -0.25) is 19.2 Å². The molecule has 0 radical (unpaired) electrons. The van der Waals surface area contributed by atoms with Crippen LogP contribution in [-0.2, 0) is 36.8 Å². The molecule has 2 aromatic rings. The van der Waals surface area contributed by atoms with Gasteiger partial charge in [0.05, 0.1) is 12.9 Å². The Bertz CT molecular complexity index is 1010. The number of nitrogens with one attached hydrogen (secondary N) is 4. The molecule has 35 heavy (non-hydrogen) atoms. The molecule has 0 saturated carbocycles. The topological polar surface area (TPSA) is 222 Å². The van der Waals surface area contributed by atoms with E-state index in [-0.39, 0.29) is 25.7 Å². The minimum Gasteiger partial charge on any atom is -0.480 e. The van der Waals surface area contributed by atoms with Crippen LogP contribution < -0.4 is 27.4 Å². The largest absolute Gasteiger partial charge is 0.480 e. The van der Waals surface area contributed by atoms with Gasteiger partial charge in [-0.25, -0.2) is 9.78 Å². The fourth-order valence-electron chi connectivity index (χ4n) is 3.23. The summed E-state index contributed by atoms with van der Waals surface area (Å²) in [5, 5.41) is 17.0. The van der Waals surface area contributed by atoms with Gasteiger partial charge in [-0.15, -0.1) is 0 Å². The van der Waals surface area contributed by atoms with E-state index in [2.05, 4.69) is 25.9 Å². The minimum absolute atomic E-state index is 0.0282. The van der Waals surface area contributed by atoms with Crippen molar-refractivity contribution in [1.82, 2.24) is 25.9 Å². The summed E-state index contributed by atoms with van der Waals surface area (Å²) >= 11 is 0. The zero-order chi connectivity index (χ0) is 25.8. The van der Waals surface area contributed by atoms with E-state index in [0.717, 1.165) is 0 Å². The number of aliphatic carboxylic acids is 1. The third-order valence-electron chi connectivity index (χ3n) is 5.03. The summed E-state index contributed by atoms with van der Waals surface area (Å²) in [6.45, 7) is -0.391. The van der Waals surface area contributed by atoms with Gasteiger partial charge in [0.1, 0.15) is 18.1 Å². The van der Waals surface area contributed by atoms with Gasteiger partial charge < -0.3 is 37.5 Å². The standard InChI is InChI=1S/C22H29N7O6/c23-10-19(31)27-15(6-7-18(24)30)20(32)28-16(9-14-11-25-12-26-14)21(33)29-17(22(34)35)8-13-4-2-1-3-5-13/h1-5,11-12,15-17H,6-10,23H2,(H2,24,30)(H,25,26)(H,27,31)(H,28,32)(H,29,33)(H,34,35). The Labute approximate surface area is 201 Å². The minimum atomic E-state index is -1.26. The normalized spacial score (nSPS) is 13.2. The molecule has 0 spiro atoms. The number of carboxylic acids is 1. The lowest BCUT2D eigenvalue weighted by Crippen LogP contribution is -2.57. The van der Waals surface area contributed by atoms with E-state index in [0.29, 0.717) is 11.3 Å². The molecule has 1 aromatic heterocycles. The third-order valence-corrected chi connectivity index (χ3v) is 5.03. The van der Waals surface area contributed by atoms with E-state index in [1.165, 1.54) is 12.5 Å². The first-order chi connectivity index (χ1) is 16.7. The smallest absolute Gasteiger partial charge is 0.326 e. The number of nitrogens with two attached hydrogens (primary N) is 2. The first-order valence-corrected chi connectivity index (χ1v) is 10.8. The van der Waals surface area contributed by atoms with Gasteiger partial charge in [0.25, 0.3) is 0 Å². The van der Waals surface area contributed by atoms with Crippen molar-refractivity contribution < 1.29 is 29.1 Å². The van der Waals surface area contributed by atoms with Gasteiger partial charge in [-0.05, 0) is 12.0 Å². The fourth-order valence-corrected chi connectivity index (χ4v) is 3.23. The Morgan fingerprint density at radius 3 is 2.17 bits per heavy atom. The van der Waals surface area contributed by atoms with Crippen LogP contribution in [0.25, 0.3) is 0 Å². The van der Waals surface area contributed by atoms with Gasteiger partial charge in [-0.1, -0.05) is 30.3 Å². The molecule has 188 valence electrons. The zero-order valence-electron chi connectivity index (χ0n) is 18.9. The molecule has 3 atom stereocenters. The third kappa shape index (κ3) is 9.25. The van der Waals surface area contributed by atoms with Crippen molar-refractivity contribution in [2.75, 3.05) is 6.54 Å². The van der Waals surface area contributed by atoms with Gasteiger partial charge in [-0.2, -0.15) is 0 Å². The maximum atomic E-state index is 13.1.